The molecule has 0 saturated carbocycles. The fourth-order valence-electron chi connectivity index (χ4n) is 8.92. The standard InChI is InChI=1S/C53H33N3O/c1-3-13-34(14-4-1)35-23-25-36(26-24-35)38-31-45(37-15-5-2-6-16-37)54-51(32-38)56-47-21-11-8-19-43(47)52-48(56)29-28-42-40-17-7-10-20-46(40)55(53(42)52)39-27-30-50-44(33-39)41-18-9-12-22-49(41)57-50/h1-33H. The molecule has 8 aromatic carbocycles. The molecule has 57 heavy (non-hydrogen) atoms. The van der Waals surface area contributed by atoms with Crippen LogP contribution in [-0.2, 0) is 0 Å². The van der Waals surface area contributed by atoms with Crippen LogP contribution in [0.3, 0.4) is 0 Å². The van der Waals surface area contributed by atoms with Gasteiger partial charge in [-0.3, -0.25) is 4.57 Å². The van der Waals surface area contributed by atoms with Crippen molar-refractivity contribution in [3.05, 3.63) is 200 Å². The maximum Gasteiger partial charge on any atom is 0.138 e. The average molecular weight is 728 g/mol. The molecular weight excluding hydrogens is 695 g/mol. The molecule has 4 aromatic heterocycles. The van der Waals surface area contributed by atoms with Crippen LogP contribution in [0.15, 0.2) is 205 Å². The number of rotatable bonds is 5. The highest BCUT2D eigenvalue weighted by atomic mass is 16.3. The fraction of sp³-hybridized carbons (Fsp3) is 0. The summed E-state index contributed by atoms with van der Waals surface area (Å²) in [6, 6.07) is 71.4. The third kappa shape index (κ3) is 4.91. The highest BCUT2D eigenvalue weighted by molar-refractivity contribution is 6.26. The molecule has 0 aliphatic heterocycles. The second-order valence-electron chi connectivity index (χ2n) is 14.7. The van der Waals surface area contributed by atoms with E-state index in [0.29, 0.717) is 0 Å². The monoisotopic (exact) mass is 727 g/mol. The van der Waals surface area contributed by atoms with E-state index < -0.39 is 0 Å². The predicted octanol–water partition coefficient (Wildman–Crippen LogP) is 14.2. The summed E-state index contributed by atoms with van der Waals surface area (Å²) in [6.07, 6.45) is 0. The number of aromatic nitrogens is 3. The van der Waals surface area contributed by atoms with Crippen molar-refractivity contribution in [3.8, 4) is 45.0 Å². The predicted molar refractivity (Wildman–Crippen MR) is 237 cm³/mol. The van der Waals surface area contributed by atoms with Gasteiger partial charge in [0, 0.05) is 43.6 Å². The normalized spacial score (nSPS) is 11.9. The maximum atomic E-state index is 6.27. The van der Waals surface area contributed by atoms with Crippen molar-refractivity contribution in [1.82, 2.24) is 14.1 Å². The van der Waals surface area contributed by atoms with Crippen LogP contribution in [0.1, 0.15) is 0 Å². The van der Waals surface area contributed by atoms with E-state index >= 15 is 0 Å². The second kappa shape index (κ2) is 12.4. The van der Waals surface area contributed by atoms with Crippen molar-refractivity contribution >= 4 is 65.6 Å². The molecule has 0 atom stereocenters. The minimum absolute atomic E-state index is 0.873. The summed E-state index contributed by atoms with van der Waals surface area (Å²) in [4.78, 5) is 5.44. The van der Waals surface area contributed by atoms with Gasteiger partial charge in [0.2, 0.25) is 0 Å². The number of benzene rings is 8. The molecule has 0 radical (unpaired) electrons. The lowest BCUT2D eigenvalue weighted by atomic mass is 9.99. The number of fused-ring (bicyclic) bond motifs is 10. The van der Waals surface area contributed by atoms with Gasteiger partial charge in [0.05, 0.1) is 27.8 Å². The zero-order valence-corrected chi connectivity index (χ0v) is 30.8. The first-order valence-electron chi connectivity index (χ1n) is 19.4. The summed E-state index contributed by atoms with van der Waals surface area (Å²) in [7, 11) is 0. The number of para-hydroxylation sites is 3. The summed E-state index contributed by atoms with van der Waals surface area (Å²) >= 11 is 0. The zero-order chi connectivity index (χ0) is 37.5. The molecule has 266 valence electrons. The highest BCUT2D eigenvalue weighted by Crippen LogP contribution is 2.43. The van der Waals surface area contributed by atoms with Crippen molar-refractivity contribution in [3.63, 3.8) is 0 Å². The Morgan fingerprint density at radius 1 is 0.351 bits per heavy atom. The maximum absolute atomic E-state index is 6.27. The van der Waals surface area contributed by atoms with Crippen LogP contribution in [0.25, 0.3) is 111 Å². The van der Waals surface area contributed by atoms with E-state index in [1.165, 1.54) is 38.2 Å². The number of hydrogen-bond donors (Lipinski definition) is 0. The molecule has 0 aliphatic rings. The lowest BCUT2D eigenvalue weighted by Crippen LogP contribution is -2.00. The first kappa shape index (κ1) is 31.6. The van der Waals surface area contributed by atoms with Gasteiger partial charge in [0.25, 0.3) is 0 Å². The Morgan fingerprint density at radius 3 is 1.72 bits per heavy atom. The Balaban J connectivity index is 1.14. The number of hydrogen-bond acceptors (Lipinski definition) is 2. The molecule has 0 unspecified atom stereocenters. The first-order valence-corrected chi connectivity index (χ1v) is 19.4. The summed E-state index contributed by atoms with van der Waals surface area (Å²) in [5.41, 5.74) is 14.1. The topological polar surface area (TPSA) is 35.9 Å². The Kier molecular flexibility index (Phi) is 6.89. The van der Waals surface area contributed by atoms with Crippen LogP contribution >= 0.6 is 0 Å². The summed E-state index contributed by atoms with van der Waals surface area (Å²) in [6.45, 7) is 0. The zero-order valence-electron chi connectivity index (χ0n) is 30.8. The summed E-state index contributed by atoms with van der Waals surface area (Å²) < 4.78 is 11.1. The number of furan rings is 1. The summed E-state index contributed by atoms with van der Waals surface area (Å²) in [5.74, 6) is 0.873. The van der Waals surface area contributed by atoms with Crippen LogP contribution in [0.5, 0.6) is 0 Å². The van der Waals surface area contributed by atoms with Crippen molar-refractivity contribution in [2.75, 3.05) is 0 Å². The van der Waals surface area contributed by atoms with Gasteiger partial charge in [0.1, 0.15) is 17.0 Å². The largest absolute Gasteiger partial charge is 0.456 e. The Morgan fingerprint density at radius 2 is 0.947 bits per heavy atom. The van der Waals surface area contributed by atoms with Crippen LogP contribution in [-0.4, -0.2) is 14.1 Å². The minimum Gasteiger partial charge on any atom is -0.456 e. The SMILES string of the molecule is c1ccc(-c2ccc(-c3cc(-c4ccccc4)nc(-n4c5ccccc5c5c4ccc4c6ccccc6n(-c6ccc7oc8ccccc8c7c6)c45)c3)cc2)cc1. The molecule has 12 aromatic rings. The van der Waals surface area contributed by atoms with E-state index in [1.54, 1.807) is 0 Å². The molecule has 4 heterocycles. The third-order valence-electron chi connectivity index (χ3n) is 11.5. The van der Waals surface area contributed by atoms with E-state index in [1.807, 2.05) is 12.1 Å². The van der Waals surface area contributed by atoms with Crippen LogP contribution in [0.4, 0.5) is 0 Å². The van der Waals surface area contributed by atoms with E-state index in [4.69, 9.17) is 9.40 Å². The molecule has 0 spiro atoms. The molecule has 0 fully saturated rings. The fourth-order valence-corrected chi connectivity index (χ4v) is 8.92. The van der Waals surface area contributed by atoms with Gasteiger partial charge in [0.15, 0.2) is 0 Å². The molecule has 4 nitrogen and oxygen atoms in total. The molecule has 12 rings (SSSR count). The summed E-state index contributed by atoms with van der Waals surface area (Å²) in [5, 5.41) is 7.02. The van der Waals surface area contributed by atoms with Gasteiger partial charge < -0.3 is 8.98 Å². The van der Waals surface area contributed by atoms with E-state index in [0.717, 1.165) is 72.4 Å². The van der Waals surface area contributed by atoms with Crippen molar-refractivity contribution in [1.29, 1.82) is 0 Å². The molecule has 0 aliphatic carbocycles. The smallest absolute Gasteiger partial charge is 0.138 e. The van der Waals surface area contributed by atoms with E-state index in [-0.39, 0.29) is 0 Å². The first-order chi connectivity index (χ1) is 28.3. The van der Waals surface area contributed by atoms with Crippen molar-refractivity contribution in [2.24, 2.45) is 0 Å². The molecule has 0 bridgehead atoms. The lowest BCUT2D eigenvalue weighted by Gasteiger charge is -2.13. The molecule has 0 saturated heterocycles. The third-order valence-corrected chi connectivity index (χ3v) is 11.5. The Bertz CT molecular complexity index is 3500. The molecule has 4 heteroatoms. The van der Waals surface area contributed by atoms with E-state index in [2.05, 4.69) is 197 Å². The second-order valence-corrected chi connectivity index (χ2v) is 14.7. The quantitative estimate of drug-likeness (QED) is 0.177. The van der Waals surface area contributed by atoms with Crippen molar-refractivity contribution < 1.29 is 4.42 Å². The highest BCUT2D eigenvalue weighted by Gasteiger charge is 2.22. The molecular formula is C53H33N3O. The van der Waals surface area contributed by atoms with Gasteiger partial charge in [-0.2, -0.15) is 0 Å². The van der Waals surface area contributed by atoms with E-state index in [9.17, 15) is 0 Å². The average Bonchev–Trinajstić information content (AvgIpc) is 3.94. The molecule has 0 amide bonds. The number of pyridine rings is 1. The van der Waals surface area contributed by atoms with Crippen molar-refractivity contribution in [2.45, 2.75) is 0 Å². The molecule has 0 N–H and O–H groups in total. The lowest BCUT2D eigenvalue weighted by molar-refractivity contribution is 0.669. The van der Waals surface area contributed by atoms with Crippen LogP contribution < -0.4 is 0 Å². The van der Waals surface area contributed by atoms with Crippen LogP contribution in [0.2, 0.25) is 0 Å². The number of nitrogens with zero attached hydrogens (tertiary/aromatic N) is 3. The van der Waals surface area contributed by atoms with Crippen LogP contribution in [0, 0.1) is 0 Å². The van der Waals surface area contributed by atoms with Gasteiger partial charge in [-0.05, 0) is 76.9 Å². The minimum atomic E-state index is 0.873. The van der Waals surface area contributed by atoms with Gasteiger partial charge >= 0.3 is 0 Å². The Labute approximate surface area is 328 Å². The Hall–Kier alpha value is -7.69. The van der Waals surface area contributed by atoms with Gasteiger partial charge in [-0.25, -0.2) is 4.98 Å². The van der Waals surface area contributed by atoms with Gasteiger partial charge in [-0.1, -0.05) is 146 Å². The van der Waals surface area contributed by atoms with Gasteiger partial charge in [-0.15, -0.1) is 0 Å².